The Morgan fingerprint density at radius 2 is 1.79 bits per heavy atom. The number of methoxy groups -OCH3 is 1. The minimum Gasteiger partial charge on any atom is -0.497 e. The maximum atomic E-state index is 5.21. The van der Waals surface area contributed by atoms with Crippen LogP contribution in [0.5, 0.6) is 5.75 Å². The summed E-state index contributed by atoms with van der Waals surface area (Å²) >= 11 is 2.04. The zero-order chi connectivity index (χ0) is 14.3. The molecule has 0 aromatic heterocycles. The molecule has 2 atom stereocenters. The fourth-order valence-electron chi connectivity index (χ4n) is 1.80. The van der Waals surface area contributed by atoms with Gasteiger partial charge < -0.3 is 10.1 Å². The van der Waals surface area contributed by atoms with Crippen LogP contribution >= 0.6 is 11.8 Å². The van der Waals surface area contributed by atoms with Crippen LogP contribution < -0.4 is 10.1 Å². The van der Waals surface area contributed by atoms with Gasteiger partial charge in [-0.2, -0.15) is 11.8 Å². The van der Waals surface area contributed by atoms with Crippen LogP contribution in [0.2, 0.25) is 0 Å². The summed E-state index contributed by atoms with van der Waals surface area (Å²) in [5, 5.41) is 4.26. The molecule has 2 nitrogen and oxygen atoms in total. The third kappa shape index (κ3) is 5.45. The van der Waals surface area contributed by atoms with Crippen LogP contribution in [0.15, 0.2) is 24.3 Å². The molecule has 0 aliphatic carbocycles. The Kier molecular flexibility index (Phi) is 7.32. The quantitative estimate of drug-likeness (QED) is 0.774. The third-order valence-corrected chi connectivity index (χ3v) is 5.03. The van der Waals surface area contributed by atoms with E-state index in [4.69, 9.17) is 4.74 Å². The van der Waals surface area contributed by atoms with E-state index in [1.165, 1.54) is 5.56 Å². The topological polar surface area (TPSA) is 21.3 Å². The molecule has 108 valence electrons. The number of hydrogen-bond acceptors (Lipinski definition) is 3. The molecule has 0 saturated carbocycles. The van der Waals surface area contributed by atoms with Crippen molar-refractivity contribution in [1.82, 2.24) is 5.32 Å². The summed E-state index contributed by atoms with van der Waals surface area (Å²) in [4.78, 5) is 0. The molecule has 3 heteroatoms. The molecule has 0 fully saturated rings. The predicted octanol–water partition coefficient (Wildman–Crippen LogP) is 4.12. The van der Waals surface area contributed by atoms with E-state index >= 15 is 0 Å². The van der Waals surface area contributed by atoms with Crippen LogP contribution in [0.1, 0.15) is 39.3 Å². The molecular formula is C16H27NOS. The zero-order valence-electron chi connectivity index (χ0n) is 12.8. The zero-order valence-corrected chi connectivity index (χ0v) is 13.6. The van der Waals surface area contributed by atoms with E-state index in [1.54, 1.807) is 7.11 Å². The lowest BCUT2D eigenvalue weighted by molar-refractivity contribution is 0.414. The molecule has 0 radical (unpaired) electrons. The van der Waals surface area contributed by atoms with E-state index in [0.717, 1.165) is 24.0 Å². The predicted molar refractivity (Wildman–Crippen MR) is 86.2 cm³/mol. The van der Waals surface area contributed by atoms with Crippen molar-refractivity contribution in [3.05, 3.63) is 29.8 Å². The normalized spacial score (nSPS) is 14.4. The molecule has 1 N–H and O–H groups in total. The Hall–Kier alpha value is -0.670. The van der Waals surface area contributed by atoms with Gasteiger partial charge in [-0.15, -0.1) is 0 Å². The largest absolute Gasteiger partial charge is 0.497 e. The molecule has 0 amide bonds. The van der Waals surface area contributed by atoms with Gasteiger partial charge in [0, 0.05) is 17.0 Å². The van der Waals surface area contributed by atoms with Gasteiger partial charge in [-0.25, -0.2) is 0 Å². The van der Waals surface area contributed by atoms with Crippen molar-refractivity contribution in [2.75, 3.05) is 19.4 Å². The highest BCUT2D eigenvalue weighted by atomic mass is 32.2. The summed E-state index contributed by atoms with van der Waals surface area (Å²) in [6.45, 7) is 10.0. The van der Waals surface area contributed by atoms with Gasteiger partial charge in [-0.3, -0.25) is 0 Å². The van der Waals surface area contributed by atoms with Crippen molar-refractivity contribution in [3.8, 4) is 5.75 Å². The molecule has 2 unspecified atom stereocenters. The highest BCUT2D eigenvalue weighted by Crippen LogP contribution is 2.26. The summed E-state index contributed by atoms with van der Waals surface area (Å²) in [6.07, 6.45) is 0. The first-order chi connectivity index (χ1) is 9.08. The Morgan fingerprint density at radius 1 is 1.16 bits per heavy atom. The average molecular weight is 281 g/mol. The summed E-state index contributed by atoms with van der Waals surface area (Å²) in [6, 6.07) is 8.81. The minimum absolute atomic E-state index is 0.419. The van der Waals surface area contributed by atoms with E-state index in [0.29, 0.717) is 11.3 Å². The van der Waals surface area contributed by atoms with Crippen LogP contribution in [0.25, 0.3) is 0 Å². The maximum absolute atomic E-state index is 5.21. The Labute approximate surface area is 122 Å². The SMILES string of the molecule is CCNC(CSC(C)C(C)C)c1ccc(OC)cc1. The fourth-order valence-corrected chi connectivity index (χ4v) is 2.99. The minimum atomic E-state index is 0.419. The Morgan fingerprint density at radius 3 is 2.26 bits per heavy atom. The summed E-state index contributed by atoms with van der Waals surface area (Å²) in [7, 11) is 1.71. The molecule has 19 heavy (non-hydrogen) atoms. The number of hydrogen-bond donors (Lipinski definition) is 1. The first kappa shape index (κ1) is 16.4. The third-order valence-electron chi connectivity index (χ3n) is 3.43. The molecule has 0 aliphatic heterocycles. The smallest absolute Gasteiger partial charge is 0.118 e. The first-order valence-corrected chi connectivity index (χ1v) is 8.12. The van der Waals surface area contributed by atoms with Gasteiger partial charge >= 0.3 is 0 Å². The Bertz CT molecular complexity index is 350. The summed E-state index contributed by atoms with van der Waals surface area (Å²) < 4.78 is 5.21. The van der Waals surface area contributed by atoms with Gasteiger partial charge in [0.25, 0.3) is 0 Å². The average Bonchev–Trinajstić information content (AvgIpc) is 2.43. The highest BCUT2D eigenvalue weighted by molar-refractivity contribution is 7.99. The van der Waals surface area contributed by atoms with Gasteiger partial charge in [-0.1, -0.05) is 39.8 Å². The lowest BCUT2D eigenvalue weighted by Crippen LogP contribution is -2.24. The standard InChI is InChI=1S/C16H27NOS/c1-6-17-16(11-19-13(4)12(2)3)14-7-9-15(18-5)10-8-14/h7-10,12-13,16-17H,6,11H2,1-5H3. The number of thioether (sulfide) groups is 1. The molecule has 0 bridgehead atoms. The number of nitrogens with one attached hydrogen (secondary N) is 1. The van der Waals surface area contributed by atoms with Crippen LogP contribution in [0.4, 0.5) is 0 Å². The van der Waals surface area contributed by atoms with Crippen molar-refractivity contribution < 1.29 is 4.74 Å². The second-order valence-corrected chi connectivity index (χ2v) is 6.58. The molecule has 1 rings (SSSR count). The molecule has 1 aromatic carbocycles. The van der Waals surface area contributed by atoms with Gasteiger partial charge in [-0.05, 0) is 30.2 Å². The molecular weight excluding hydrogens is 254 g/mol. The molecule has 1 aromatic rings. The lowest BCUT2D eigenvalue weighted by atomic mass is 10.1. The van der Waals surface area contributed by atoms with Crippen LogP contribution in [-0.4, -0.2) is 24.7 Å². The summed E-state index contributed by atoms with van der Waals surface area (Å²) in [5.41, 5.74) is 1.34. The van der Waals surface area contributed by atoms with Gasteiger partial charge in [0.05, 0.1) is 7.11 Å². The molecule has 0 aliphatic rings. The molecule has 0 heterocycles. The van der Waals surface area contributed by atoms with Crippen molar-refractivity contribution >= 4 is 11.8 Å². The van der Waals surface area contributed by atoms with Crippen molar-refractivity contribution in [2.24, 2.45) is 5.92 Å². The second-order valence-electron chi connectivity index (χ2n) is 5.17. The van der Waals surface area contributed by atoms with Crippen LogP contribution in [0.3, 0.4) is 0 Å². The lowest BCUT2D eigenvalue weighted by Gasteiger charge is -2.22. The van der Waals surface area contributed by atoms with Crippen molar-refractivity contribution in [1.29, 1.82) is 0 Å². The van der Waals surface area contributed by atoms with Gasteiger partial charge in [0.2, 0.25) is 0 Å². The Balaban J connectivity index is 2.64. The molecule has 0 spiro atoms. The van der Waals surface area contributed by atoms with E-state index in [2.05, 4.69) is 45.1 Å². The van der Waals surface area contributed by atoms with E-state index < -0.39 is 0 Å². The van der Waals surface area contributed by atoms with Gasteiger partial charge in [0.15, 0.2) is 0 Å². The fraction of sp³-hybridized carbons (Fsp3) is 0.625. The van der Waals surface area contributed by atoms with Gasteiger partial charge in [0.1, 0.15) is 5.75 Å². The highest BCUT2D eigenvalue weighted by Gasteiger charge is 2.14. The number of ether oxygens (including phenoxy) is 1. The first-order valence-electron chi connectivity index (χ1n) is 7.07. The van der Waals surface area contributed by atoms with Crippen LogP contribution in [0, 0.1) is 5.92 Å². The van der Waals surface area contributed by atoms with Crippen molar-refractivity contribution in [3.63, 3.8) is 0 Å². The monoisotopic (exact) mass is 281 g/mol. The second kappa shape index (κ2) is 8.49. The van der Waals surface area contributed by atoms with E-state index in [1.807, 2.05) is 23.9 Å². The molecule has 0 saturated heterocycles. The summed E-state index contributed by atoms with van der Waals surface area (Å²) in [5.74, 6) is 2.75. The number of rotatable bonds is 8. The number of benzene rings is 1. The van der Waals surface area contributed by atoms with Crippen LogP contribution in [-0.2, 0) is 0 Å². The maximum Gasteiger partial charge on any atom is 0.118 e. The van der Waals surface area contributed by atoms with E-state index in [-0.39, 0.29) is 0 Å². The van der Waals surface area contributed by atoms with E-state index in [9.17, 15) is 0 Å². The van der Waals surface area contributed by atoms with Crippen molar-refractivity contribution in [2.45, 2.75) is 39.0 Å².